The van der Waals surface area contributed by atoms with Crippen molar-refractivity contribution in [2.75, 3.05) is 43.9 Å². The molecule has 2 saturated heterocycles. The van der Waals surface area contributed by atoms with E-state index in [0.717, 1.165) is 12.0 Å². The number of nitrogens with one attached hydrogen (secondary N) is 1. The number of carbonyl (C=O) groups is 2. The molecule has 3 amide bonds. The Kier molecular flexibility index (Phi) is 9.48. The first-order valence-corrected chi connectivity index (χ1v) is 13.5. The lowest BCUT2D eigenvalue weighted by Gasteiger charge is -2.32. The highest BCUT2D eigenvalue weighted by Crippen LogP contribution is 2.31. The van der Waals surface area contributed by atoms with Gasteiger partial charge >= 0.3 is 18.4 Å². The van der Waals surface area contributed by atoms with Crippen LogP contribution >= 0.6 is 0 Å². The van der Waals surface area contributed by atoms with Crippen LogP contribution in [0.15, 0.2) is 22.7 Å². The van der Waals surface area contributed by atoms with Gasteiger partial charge in [0.2, 0.25) is 5.91 Å². The van der Waals surface area contributed by atoms with Gasteiger partial charge in [0.05, 0.1) is 18.2 Å². The molecule has 0 aliphatic carbocycles. The van der Waals surface area contributed by atoms with Gasteiger partial charge in [-0.3, -0.25) is 24.1 Å². The van der Waals surface area contributed by atoms with Crippen molar-refractivity contribution in [2.24, 2.45) is 5.92 Å². The molecule has 0 atom stereocenters. The molecule has 0 saturated carbocycles. The SMILES string of the molecule is CS(=O)(=O)OCC(F)(F)F.O=C1CCN(c2noc3ccc(CC4CCN(CC(F)(F)F)CC4)cc23)C(=O)N1. The van der Waals surface area contributed by atoms with Gasteiger partial charge in [0, 0.05) is 13.0 Å². The third-order valence-electron chi connectivity index (χ3n) is 5.90. The van der Waals surface area contributed by atoms with E-state index in [9.17, 15) is 44.3 Å². The zero-order valence-corrected chi connectivity index (χ0v) is 21.5. The number of alkyl halides is 6. The number of piperidine rings is 1. The Hall–Kier alpha value is -2.92. The lowest BCUT2D eigenvalue weighted by atomic mass is 9.90. The van der Waals surface area contributed by atoms with Crippen LogP contribution in [0.1, 0.15) is 24.8 Å². The van der Waals surface area contributed by atoms with Gasteiger partial charge in [-0.1, -0.05) is 11.2 Å². The standard InChI is InChI=1S/C19H21F3N4O3.C3H5F3O3S/c20-19(21,22)11-25-6-3-12(4-7-25)9-13-1-2-15-14(10-13)17(24-29-15)26-8-5-16(27)23-18(26)28;1-10(7,8)9-2-3(4,5)6/h1-2,10,12H,3-9,11H2,(H,23,27,28);2H2,1H3. The van der Waals surface area contributed by atoms with Gasteiger partial charge in [0.1, 0.15) is 0 Å². The molecule has 1 N–H and O–H groups in total. The first-order valence-electron chi connectivity index (χ1n) is 11.7. The van der Waals surface area contributed by atoms with Crippen molar-refractivity contribution in [3.05, 3.63) is 23.8 Å². The van der Waals surface area contributed by atoms with E-state index in [2.05, 4.69) is 14.7 Å². The summed E-state index contributed by atoms with van der Waals surface area (Å²) in [4.78, 5) is 26.3. The molecule has 2 aromatic rings. The van der Waals surface area contributed by atoms with Crippen LogP contribution in [-0.2, 0) is 25.5 Å². The van der Waals surface area contributed by atoms with Crippen molar-refractivity contribution in [1.82, 2.24) is 15.4 Å². The van der Waals surface area contributed by atoms with E-state index in [1.807, 2.05) is 12.1 Å². The minimum Gasteiger partial charge on any atom is -0.354 e. The number of carbonyl (C=O) groups excluding carboxylic acids is 2. The van der Waals surface area contributed by atoms with E-state index in [-0.39, 0.29) is 18.9 Å². The minimum atomic E-state index is -4.59. The van der Waals surface area contributed by atoms with Crippen molar-refractivity contribution in [3.8, 4) is 0 Å². The Labute approximate surface area is 219 Å². The lowest BCUT2D eigenvalue weighted by Crippen LogP contribution is -2.49. The summed E-state index contributed by atoms with van der Waals surface area (Å²) in [5.41, 5.74) is 1.55. The third kappa shape index (κ3) is 9.96. The third-order valence-corrected chi connectivity index (χ3v) is 6.44. The molecule has 1 aromatic heterocycles. The molecule has 0 bridgehead atoms. The van der Waals surface area contributed by atoms with Crippen LogP contribution in [0.5, 0.6) is 0 Å². The van der Waals surface area contributed by atoms with E-state index >= 15 is 0 Å². The summed E-state index contributed by atoms with van der Waals surface area (Å²) in [6.07, 6.45) is -5.85. The number of rotatable bonds is 6. The molecule has 218 valence electrons. The second kappa shape index (κ2) is 12.1. The normalized spacial score (nSPS) is 18.2. The minimum absolute atomic E-state index is 0.191. The number of hydrogen-bond donors (Lipinski definition) is 1. The summed E-state index contributed by atoms with van der Waals surface area (Å²) in [6, 6.07) is 5.08. The molecular weight excluding hydrogens is 562 g/mol. The van der Waals surface area contributed by atoms with E-state index in [1.54, 1.807) is 6.07 Å². The first-order chi connectivity index (χ1) is 18.0. The molecule has 17 heteroatoms. The Bertz CT molecular complexity index is 1270. The largest absolute Gasteiger partial charge is 0.413 e. The summed E-state index contributed by atoms with van der Waals surface area (Å²) in [6.45, 7) is -1.50. The molecular formula is C22H26F6N4O6S. The highest BCUT2D eigenvalue weighted by Gasteiger charge is 2.33. The molecule has 1 aromatic carbocycles. The summed E-state index contributed by atoms with van der Waals surface area (Å²) in [5.74, 6) is 0.347. The Morgan fingerprint density at radius 1 is 1.08 bits per heavy atom. The number of halogens is 6. The van der Waals surface area contributed by atoms with Gasteiger partial charge in [-0.05, 0) is 56.0 Å². The molecule has 2 aliphatic rings. The highest BCUT2D eigenvalue weighted by atomic mass is 32.2. The van der Waals surface area contributed by atoms with E-state index in [4.69, 9.17) is 4.52 Å². The number of urea groups is 1. The second-order valence-corrected chi connectivity index (χ2v) is 10.9. The van der Waals surface area contributed by atoms with Gasteiger partial charge < -0.3 is 4.52 Å². The van der Waals surface area contributed by atoms with Crippen molar-refractivity contribution in [1.29, 1.82) is 0 Å². The van der Waals surface area contributed by atoms with Gasteiger partial charge in [0.15, 0.2) is 18.0 Å². The number of imide groups is 1. The summed E-state index contributed by atoms with van der Waals surface area (Å²) < 4.78 is 99.9. The second-order valence-electron chi connectivity index (χ2n) is 9.21. The lowest BCUT2D eigenvalue weighted by molar-refractivity contribution is -0.152. The molecule has 3 heterocycles. The Morgan fingerprint density at radius 2 is 1.74 bits per heavy atom. The van der Waals surface area contributed by atoms with Crippen LogP contribution in [-0.4, -0.2) is 81.8 Å². The zero-order chi connectivity index (χ0) is 29.0. The van der Waals surface area contributed by atoms with Gasteiger partial charge in [-0.25, -0.2) is 4.79 Å². The fraction of sp³-hybridized carbons (Fsp3) is 0.591. The van der Waals surface area contributed by atoms with Crippen LogP contribution in [0.3, 0.4) is 0 Å². The number of aromatic nitrogens is 1. The number of nitrogens with zero attached hydrogens (tertiary/aromatic N) is 3. The van der Waals surface area contributed by atoms with E-state index < -0.39 is 41.7 Å². The zero-order valence-electron chi connectivity index (χ0n) is 20.6. The van der Waals surface area contributed by atoms with Gasteiger partial charge in [0.25, 0.3) is 10.1 Å². The molecule has 10 nitrogen and oxygen atoms in total. The highest BCUT2D eigenvalue weighted by molar-refractivity contribution is 7.85. The van der Waals surface area contributed by atoms with Crippen molar-refractivity contribution < 1.29 is 53.1 Å². The Balaban J connectivity index is 0.000000360. The van der Waals surface area contributed by atoms with E-state index in [0.29, 0.717) is 54.9 Å². The number of likely N-dealkylation sites (tertiary alicyclic amines) is 1. The number of benzene rings is 1. The summed E-state index contributed by atoms with van der Waals surface area (Å²) >= 11 is 0. The number of fused-ring (bicyclic) bond motifs is 1. The Morgan fingerprint density at radius 3 is 2.28 bits per heavy atom. The molecule has 2 fully saturated rings. The smallest absolute Gasteiger partial charge is 0.354 e. The predicted octanol–water partition coefficient (Wildman–Crippen LogP) is 3.62. The van der Waals surface area contributed by atoms with Crippen molar-refractivity contribution in [2.45, 2.75) is 38.0 Å². The number of anilines is 1. The van der Waals surface area contributed by atoms with E-state index in [1.165, 1.54) is 9.80 Å². The van der Waals surface area contributed by atoms with Crippen molar-refractivity contribution >= 4 is 38.8 Å². The average Bonchev–Trinajstić information content (AvgIpc) is 3.21. The molecule has 0 radical (unpaired) electrons. The molecule has 2 aliphatic heterocycles. The maximum absolute atomic E-state index is 12.5. The number of amides is 3. The average molecular weight is 589 g/mol. The molecule has 4 rings (SSSR count). The molecule has 0 unspecified atom stereocenters. The quantitative estimate of drug-likeness (QED) is 0.401. The van der Waals surface area contributed by atoms with Gasteiger partial charge in [-0.2, -0.15) is 34.8 Å². The molecule has 0 spiro atoms. The van der Waals surface area contributed by atoms with Crippen LogP contribution in [0, 0.1) is 5.92 Å². The van der Waals surface area contributed by atoms with Crippen LogP contribution in [0.25, 0.3) is 11.0 Å². The maximum Gasteiger partial charge on any atom is 0.413 e. The van der Waals surface area contributed by atoms with Crippen molar-refractivity contribution in [3.63, 3.8) is 0 Å². The number of hydrogen-bond acceptors (Lipinski definition) is 8. The topological polar surface area (TPSA) is 122 Å². The predicted molar refractivity (Wildman–Crippen MR) is 125 cm³/mol. The van der Waals surface area contributed by atoms with Crippen LogP contribution < -0.4 is 10.2 Å². The first kappa shape index (κ1) is 30.6. The van der Waals surface area contributed by atoms with Crippen LogP contribution in [0.2, 0.25) is 0 Å². The van der Waals surface area contributed by atoms with Gasteiger partial charge in [-0.15, -0.1) is 0 Å². The monoisotopic (exact) mass is 588 g/mol. The summed E-state index contributed by atoms with van der Waals surface area (Å²) in [7, 11) is -3.98. The molecule has 39 heavy (non-hydrogen) atoms. The maximum atomic E-state index is 12.5. The van der Waals surface area contributed by atoms with Crippen LogP contribution in [0.4, 0.5) is 37.0 Å². The fourth-order valence-electron chi connectivity index (χ4n) is 4.17. The fourth-order valence-corrected chi connectivity index (χ4v) is 4.52. The summed E-state index contributed by atoms with van der Waals surface area (Å²) in [5, 5.41) is 6.94.